The van der Waals surface area contributed by atoms with Gasteiger partial charge in [-0.1, -0.05) is 0 Å². The van der Waals surface area contributed by atoms with Crippen LogP contribution in [-0.4, -0.2) is 32.9 Å². The molecule has 0 aromatic heterocycles. The van der Waals surface area contributed by atoms with Crippen LogP contribution in [-0.2, 0) is 14.6 Å². The molecule has 0 saturated carbocycles. The normalized spacial score (nSPS) is 12.1. The molecule has 20 heavy (non-hydrogen) atoms. The van der Waals surface area contributed by atoms with Crippen molar-refractivity contribution in [2.24, 2.45) is 0 Å². The van der Waals surface area contributed by atoms with Gasteiger partial charge in [0.15, 0.2) is 9.84 Å². The Morgan fingerprint density at radius 2 is 1.85 bits per heavy atom. The van der Waals surface area contributed by atoms with Crippen LogP contribution in [0.3, 0.4) is 0 Å². The second kappa shape index (κ2) is 5.83. The van der Waals surface area contributed by atoms with Gasteiger partial charge in [0.1, 0.15) is 10.6 Å². The molecular weight excluding hydrogens is 280 g/mol. The number of rotatable bonds is 4. The van der Waals surface area contributed by atoms with Crippen molar-refractivity contribution in [2.45, 2.75) is 37.3 Å². The summed E-state index contributed by atoms with van der Waals surface area (Å²) in [6.07, 6.45) is 0. The zero-order valence-corrected chi connectivity index (χ0v) is 13.2. The molecule has 6 heteroatoms. The Labute approximate surface area is 119 Å². The van der Waals surface area contributed by atoms with Crippen molar-refractivity contribution in [1.29, 1.82) is 0 Å². The molecule has 5 nitrogen and oxygen atoms in total. The van der Waals surface area contributed by atoms with Crippen LogP contribution in [0.2, 0.25) is 0 Å². The minimum Gasteiger partial charge on any atom is -0.493 e. The lowest BCUT2D eigenvalue weighted by Crippen LogP contribution is -2.28. The summed E-state index contributed by atoms with van der Waals surface area (Å²) in [6, 6.07) is 4.27. The number of hydrogen-bond acceptors (Lipinski definition) is 5. The number of hydrogen-bond donors (Lipinski definition) is 0. The van der Waals surface area contributed by atoms with Crippen molar-refractivity contribution in [3.05, 3.63) is 23.8 Å². The van der Waals surface area contributed by atoms with E-state index < -0.39 is 20.6 Å². The van der Waals surface area contributed by atoms with Crippen LogP contribution in [0.1, 0.15) is 38.1 Å². The standard InChI is InChI=1S/C14H20O5S/c1-6-19-11-8-7-10(13(15)18-5)9-12(11)20(16,17)14(2,3)4/h7-9H,6H2,1-5H3. The fraction of sp³-hybridized carbons (Fsp3) is 0.500. The summed E-state index contributed by atoms with van der Waals surface area (Å²) >= 11 is 0. The molecule has 0 atom stereocenters. The molecule has 0 aliphatic carbocycles. The predicted molar refractivity (Wildman–Crippen MR) is 75.9 cm³/mol. The summed E-state index contributed by atoms with van der Waals surface area (Å²) in [7, 11) is -2.38. The molecule has 1 aromatic rings. The Balaban J connectivity index is 3.52. The van der Waals surface area contributed by atoms with Crippen LogP contribution in [0.4, 0.5) is 0 Å². The average molecular weight is 300 g/mol. The van der Waals surface area contributed by atoms with E-state index >= 15 is 0 Å². The highest BCUT2D eigenvalue weighted by Crippen LogP contribution is 2.33. The highest BCUT2D eigenvalue weighted by molar-refractivity contribution is 7.92. The summed E-state index contributed by atoms with van der Waals surface area (Å²) < 4.78 is 34.1. The highest BCUT2D eigenvalue weighted by Gasteiger charge is 2.34. The SMILES string of the molecule is CCOc1ccc(C(=O)OC)cc1S(=O)(=O)C(C)(C)C. The first-order chi connectivity index (χ1) is 9.15. The van der Waals surface area contributed by atoms with E-state index in [1.807, 2.05) is 0 Å². The van der Waals surface area contributed by atoms with Gasteiger partial charge in [-0.2, -0.15) is 0 Å². The molecule has 0 unspecified atom stereocenters. The number of methoxy groups -OCH3 is 1. The van der Waals surface area contributed by atoms with E-state index in [9.17, 15) is 13.2 Å². The molecule has 0 N–H and O–H groups in total. The first-order valence-corrected chi connectivity index (χ1v) is 7.73. The van der Waals surface area contributed by atoms with Gasteiger partial charge in [0.25, 0.3) is 0 Å². The Bertz CT molecular complexity index is 596. The van der Waals surface area contributed by atoms with Gasteiger partial charge in [0, 0.05) is 0 Å². The van der Waals surface area contributed by atoms with Crippen molar-refractivity contribution in [2.75, 3.05) is 13.7 Å². The molecule has 0 bridgehead atoms. The van der Waals surface area contributed by atoms with E-state index in [4.69, 9.17) is 4.74 Å². The molecule has 1 aromatic carbocycles. The van der Waals surface area contributed by atoms with Crippen LogP contribution in [0.5, 0.6) is 5.75 Å². The summed E-state index contributed by atoms with van der Waals surface area (Å²) in [5, 5.41) is 0. The number of carbonyl (C=O) groups is 1. The van der Waals surface area contributed by atoms with Crippen LogP contribution < -0.4 is 4.74 Å². The highest BCUT2D eigenvalue weighted by atomic mass is 32.2. The monoisotopic (exact) mass is 300 g/mol. The molecular formula is C14H20O5S. The van der Waals surface area contributed by atoms with Crippen LogP contribution in [0.15, 0.2) is 23.1 Å². The van der Waals surface area contributed by atoms with Gasteiger partial charge in [0.2, 0.25) is 0 Å². The zero-order valence-electron chi connectivity index (χ0n) is 12.4. The number of sulfone groups is 1. The summed E-state index contributed by atoms with van der Waals surface area (Å²) in [4.78, 5) is 11.6. The Morgan fingerprint density at radius 3 is 2.30 bits per heavy atom. The number of carbonyl (C=O) groups excluding carboxylic acids is 1. The summed E-state index contributed by atoms with van der Waals surface area (Å²) in [5.41, 5.74) is 0.179. The third-order valence-electron chi connectivity index (χ3n) is 2.76. The van der Waals surface area contributed by atoms with E-state index in [1.54, 1.807) is 27.7 Å². The van der Waals surface area contributed by atoms with Crippen molar-refractivity contribution < 1.29 is 22.7 Å². The van der Waals surface area contributed by atoms with E-state index in [2.05, 4.69) is 4.74 Å². The molecule has 0 fully saturated rings. The maximum Gasteiger partial charge on any atom is 0.337 e. The lowest BCUT2D eigenvalue weighted by Gasteiger charge is -2.21. The van der Waals surface area contributed by atoms with Crippen molar-refractivity contribution in [3.63, 3.8) is 0 Å². The molecule has 0 amide bonds. The molecule has 0 aliphatic rings. The molecule has 0 spiro atoms. The quantitative estimate of drug-likeness (QED) is 0.799. The van der Waals surface area contributed by atoms with Crippen LogP contribution in [0.25, 0.3) is 0 Å². The number of benzene rings is 1. The largest absolute Gasteiger partial charge is 0.493 e. The first-order valence-electron chi connectivity index (χ1n) is 6.25. The van der Waals surface area contributed by atoms with Crippen molar-refractivity contribution in [3.8, 4) is 5.75 Å². The summed E-state index contributed by atoms with van der Waals surface area (Å²) in [5.74, 6) is -0.339. The van der Waals surface area contributed by atoms with Gasteiger partial charge in [-0.25, -0.2) is 13.2 Å². The lowest BCUT2D eigenvalue weighted by atomic mass is 10.2. The Kier molecular flexibility index (Phi) is 4.81. The van der Waals surface area contributed by atoms with Crippen LogP contribution >= 0.6 is 0 Å². The predicted octanol–water partition coefficient (Wildman–Crippen LogP) is 2.44. The van der Waals surface area contributed by atoms with E-state index in [0.29, 0.717) is 6.61 Å². The third kappa shape index (κ3) is 3.12. The number of esters is 1. The maximum absolute atomic E-state index is 12.6. The van der Waals surface area contributed by atoms with E-state index in [-0.39, 0.29) is 16.2 Å². The molecule has 0 heterocycles. The smallest absolute Gasteiger partial charge is 0.337 e. The second-order valence-electron chi connectivity index (χ2n) is 5.20. The Hall–Kier alpha value is -1.56. The van der Waals surface area contributed by atoms with Gasteiger partial charge in [-0.15, -0.1) is 0 Å². The zero-order chi connectivity index (χ0) is 15.6. The van der Waals surface area contributed by atoms with E-state index in [0.717, 1.165) is 0 Å². The molecule has 0 radical (unpaired) electrons. The maximum atomic E-state index is 12.6. The third-order valence-corrected chi connectivity index (χ3v) is 5.27. The summed E-state index contributed by atoms with van der Waals surface area (Å²) in [6.45, 7) is 6.90. The molecule has 1 rings (SSSR count). The van der Waals surface area contributed by atoms with Gasteiger partial charge in [-0.3, -0.25) is 0 Å². The minimum absolute atomic E-state index is 0.00903. The molecule has 112 valence electrons. The molecule has 0 saturated heterocycles. The van der Waals surface area contributed by atoms with Gasteiger partial charge < -0.3 is 9.47 Å². The number of ether oxygens (including phenoxy) is 2. The average Bonchev–Trinajstić information content (AvgIpc) is 2.37. The first kappa shape index (κ1) is 16.5. The van der Waals surface area contributed by atoms with Gasteiger partial charge in [0.05, 0.1) is 24.0 Å². The minimum atomic E-state index is -3.63. The fourth-order valence-electron chi connectivity index (χ4n) is 1.57. The fourth-order valence-corrected chi connectivity index (χ4v) is 2.90. The topological polar surface area (TPSA) is 69.7 Å². The second-order valence-corrected chi connectivity index (χ2v) is 7.87. The van der Waals surface area contributed by atoms with Gasteiger partial charge in [-0.05, 0) is 45.9 Å². The van der Waals surface area contributed by atoms with Crippen molar-refractivity contribution in [1.82, 2.24) is 0 Å². The lowest BCUT2D eigenvalue weighted by molar-refractivity contribution is 0.0600. The van der Waals surface area contributed by atoms with E-state index in [1.165, 1.54) is 25.3 Å². The molecule has 0 aliphatic heterocycles. The Morgan fingerprint density at radius 1 is 1.25 bits per heavy atom. The van der Waals surface area contributed by atoms with Gasteiger partial charge >= 0.3 is 5.97 Å². The van der Waals surface area contributed by atoms with Crippen molar-refractivity contribution >= 4 is 15.8 Å². The van der Waals surface area contributed by atoms with Crippen LogP contribution in [0, 0.1) is 0 Å².